The summed E-state index contributed by atoms with van der Waals surface area (Å²) in [5.41, 5.74) is 1.73. The average Bonchev–Trinajstić information content (AvgIpc) is 2.45. The van der Waals surface area contributed by atoms with Crippen LogP contribution in [0, 0.1) is 0 Å². The van der Waals surface area contributed by atoms with Crippen LogP contribution in [0.15, 0.2) is 78.7 Å². The molecule has 1 aromatic rings. The highest BCUT2D eigenvalue weighted by molar-refractivity contribution is 5.99. The van der Waals surface area contributed by atoms with E-state index in [2.05, 4.69) is 23.1 Å². The Morgan fingerprint density at radius 2 is 2.16 bits per heavy atom. The minimum absolute atomic E-state index is 0.738. The number of aliphatic imine (C=N–C) groups is 1. The normalized spacial score (nSPS) is 12.5. The molecule has 0 fully saturated rings. The molecule has 0 bridgehead atoms. The second-order valence-electron chi connectivity index (χ2n) is 3.64. The van der Waals surface area contributed by atoms with Crippen LogP contribution in [0.4, 0.5) is 0 Å². The van der Waals surface area contributed by atoms with E-state index < -0.39 is 0 Å². The smallest absolute Gasteiger partial charge is 0.158 e. The summed E-state index contributed by atoms with van der Waals surface area (Å²) in [7, 11) is 1.74. The maximum Gasteiger partial charge on any atom is 0.158 e. The number of allylic oxidation sites excluding steroid dienone is 4. The first-order chi connectivity index (χ1) is 9.28. The molecular weight excluding hydrogens is 234 g/mol. The number of hydrogen-bond acceptors (Lipinski definition) is 2. The number of rotatable bonds is 5. The monoisotopic (exact) mass is 253 g/mol. The van der Waals surface area contributed by atoms with E-state index in [1.165, 1.54) is 0 Å². The lowest BCUT2D eigenvalue weighted by molar-refractivity contribution is 0.710. The van der Waals surface area contributed by atoms with Gasteiger partial charge in [0.05, 0.1) is 0 Å². The number of aromatic nitrogens is 1. The first-order valence-electron chi connectivity index (χ1n) is 6.03. The second-order valence-corrected chi connectivity index (χ2v) is 3.64. The third-order valence-corrected chi connectivity index (χ3v) is 2.42. The Balaban J connectivity index is 3.24. The highest BCUT2D eigenvalue weighted by Gasteiger charge is 2.13. The quantitative estimate of drug-likeness (QED) is 0.456. The summed E-state index contributed by atoms with van der Waals surface area (Å²) < 4.78 is 0. The van der Waals surface area contributed by atoms with E-state index in [4.69, 9.17) is 0 Å². The Morgan fingerprint density at radius 3 is 2.63 bits per heavy atom. The molecule has 0 spiro atoms. The standard InChI is InChI=1S/C16H19N3/c1-5-10-14(11-6-2)19(7-3)16(17-4)15-12-8-9-13-18-15/h5-13H,1,3H2,2,4H3/b11-6-,14-10+,17-16?. The number of hydrogen-bond donors (Lipinski definition) is 0. The average molecular weight is 253 g/mol. The van der Waals surface area contributed by atoms with Gasteiger partial charge in [-0.1, -0.05) is 31.4 Å². The zero-order valence-electron chi connectivity index (χ0n) is 11.5. The molecule has 0 aromatic carbocycles. The van der Waals surface area contributed by atoms with Gasteiger partial charge in [-0.3, -0.25) is 9.98 Å². The van der Waals surface area contributed by atoms with Gasteiger partial charge in [0, 0.05) is 25.1 Å². The van der Waals surface area contributed by atoms with Crippen LogP contribution >= 0.6 is 0 Å². The van der Waals surface area contributed by atoms with Gasteiger partial charge in [-0.25, -0.2) is 0 Å². The van der Waals surface area contributed by atoms with Crippen LogP contribution in [-0.4, -0.2) is 22.8 Å². The molecule has 0 N–H and O–H groups in total. The van der Waals surface area contributed by atoms with Gasteiger partial charge >= 0.3 is 0 Å². The molecule has 0 aliphatic rings. The SMILES string of the molecule is C=C/C=C(\C=C/C)N(C=C)C(=NC)c1ccccn1. The fraction of sp³-hybridized carbons (Fsp3) is 0.125. The van der Waals surface area contributed by atoms with Crippen molar-refractivity contribution in [1.29, 1.82) is 0 Å². The van der Waals surface area contributed by atoms with E-state index in [1.54, 1.807) is 25.5 Å². The number of amidine groups is 1. The van der Waals surface area contributed by atoms with E-state index in [0.29, 0.717) is 0 Å². The van der Waals surface area contributed by atoms with Crippen molar-refractivity contribution in [3.8, 4) is 0 Å². The predicted molar refractivity (Wildman–Crippen MR) is 81.8 cm³/mol. The first kappa shape index (κ1) is 14.6. The molecule has 0 saturated heterocycles. The van der Waals surface area contributed by atoms with Gasteiger partial charge in [-0.05, 0) is 31.2 Å². The van der Waals surface area contributed by atoms with E-state index >= 15 is 0 Å². The van der Waals surface area contributed by atoms with Crippen molar-refractivity contribution in [3.05, 3.63) is 79.4 Å². The molecule has 0 unspecified atom stereocenters. The highest BCUT2D eigenvalue weighted by Crippen LogP contribution is 2.13. The van der Waals surface area contributed by atoms with E-state index in [9.17, 15) is 0 Å². The highest BCUT2D eigenvalue weighted by atomic mass is 15.2. The van der Waals surface area contributed by atoms with Crippen LogP contribution in [-0.2, 0) is 0 Å². The van der Waals surface area contributed by atoms with Crippen molar-refractivity contribution in [2.45, 2.75) is 6.92 Å². The van der Waals surface area contributed by atoms with Crippen molar-refractivity contribution < 1.29 is 0 Å². The summed E-state index contributed by atoms with van der Waals surface area (Å²) in [5, 5.41) is 0. The fourth-order valence-corrected chi connectivity index (χ4v) is 1.66. The van der Waals surface area contributed by atoms with E-state index in [0.717, 1.165) is 17.2 Å². The minimum atomic E-state index is 0.738. The zero-order chi connectivity index (χ0) is 14.1. The maximum absolute atomic E-state index is 4.32. The molecule has 3 heteroatoms. The van der Waals surface area contributed by atoms with Gasteiger partial charge in [0.25, 0.3) is 0 Å². The van der Waals surface area contributed by atoms with Crippen molar-refractivity contribution in [2.24, 2.45) is 4.99 Å². The summed E-state index contributed by atoms with van der Waals surface area (Å²) in [6.45, 7) is 9.54. The second kappa shape index (κ2) is 7.82. The van der Waals surface area contributed by atoms with Crippen molar-refractivity contribution in [2.75, 3.05) is 7.05 Å². The van der Waals surface area contributed by atoms with Crippen LogP contribution in [0.5, 0.6) is 0 Å². The van der Waals surface area contributed by atoms with Crippen LogP contribution in [0.25, 0.3) is 0 Å². The summed E-state index contributed by atoms with van der Waals surface area (Å²) in [6.07, 6.45) is 11.0. The lowest BCUT2D eigenvalue weighted by Crippen LogP contribution is -2.26. The molecule has 3 nitrogen and oxygen atoms in total. The maximum atomic E-state index is 4.32. The lowest BCUT2D eigenvalue weighted by atomic mass is 10.2. The molecule has 19 heavy (non-hydrogen) atoms. The largest absolute Gasteiger partial charge is 0.301 e. The Bertz CT molecular complexity index is 510. The topological polar surface area (TPSA) is 28.5 Å². The Hall–Kier alpha value is -2.42. The van der Waals surface area contributed by atoms with Gasteiger partial charge in [0.1, 0.15) is 5.69 Å². The van der Waals surface area contributed by atoms with Gasteiger partial charge in [-0.2, -0.15) is 0 Å². The molecule has 1 rings (SSSR count). The van der Waals surface area contributed by atoms with Gasteiger partial charge in [0.15, 0.2) is 5.84 Å². The summed E-state index contributed by atoms with van der Waals surface area (Å²) >= 11 is 0. The molecule has 0 amide bonds. The molecular formula is C16H19N3. The minimum Gasteiger partial charge on any atom is -0.301 e. The summed E-state index contributed by atoms with van der Waals surface area (Å²) in [5.74, 6) is 0.738. The van der Waals surface area contributed by atoms with Crippen molar-refractivity contribution in [1.82, 2.24) is 9.88 Å². The van der Waals surface area contributed by atoms with Crippen LogP contribution in [0.2, 0.25) is 0 Å². The Kier molecular flexibility index (Phi) is 6.03. The predicted octanol–water partition coefficient (Wildman–Crippen LogP) is 3.55. The third kappa shape index (κ3) is 3.78. The van der Waals surface area contributed by atoms with Crippen LogP contribution in [0.1, 0.15) is 12.6 Å². The lowest BCUT2D eigenvalue weighted by Gasteiger charge is -2.22. The summed E-state index contributed by atoms with van der Waals surface area (Å²) in [4.78, 5) is 10.5. The third-order valence-electron chi connectivity index (χ3n) is 2.42. The summed E-state index contributed by atoms with van der Waals surface area (Å²) in [6, 6.07) is 5.73. The van der Waals surface area contributed by atoms with Crippen molar-refractivity contribution >= 4 is 5.84 Å². The molecule has 0 saturated carbocycles. The number of nitrogens with zero attached hydrogens (tertiary/aromatic N) is 3. The molecule has 0 radical (unpaired) electrons. The fourth-order valence-electron chi connectivity index (χ4n) is 1.66. The Morgan fingerprint density at radius 1 is 1.37 bits per heavy atom. The van der Waals surface area contributed by atoms with Crippen molar-refractivity contribution in [3.63, 3.8) is 0 Å². The van der Waals surface area contributed by atoms with E-state index in [1.807, 2.05) is 48.3 Å². The van der Waals surface area contributed by atoms with E-state index in [-0.39, 0.29) is 0 Å². The molecule has 0 atom stereocenters. The van der Waals surface area contributed by atoms with Gasteiger partial charge < -0.3 is 4.90 Å². The number of pyridine rings is 1. The molecule has 1 aromatic heterocycles. The molecule has 0 aliphatic heterocycles. The van der Waals surface area contributed by atoms with Crippen LogP contribution in [0.3, 0.4) is 0 Å². The van der Waals surface area contributed by atoms with Crippen LogP contribution < -0.4 is 0 Å². The molecule has 0 aliphatic carbocycles. The molecule has 98 valence electrons. The Labute approximate surface area is 115 Å². The van der Waals surface area contributed by atoms with Gasteiger partial charge in [-0.15, -0.1) is 0 Å². The molecule has 1 heterocycles. The van der Waals surface area contributed by atoms with Gasteiger partial charge in [0.2, 0.25) is 0 Å². The zero-order valence-corrected chi connectivity index (χ0v) is 11.5. The first-order valence-corrected chi connectivity index (χ1v) is 6.03.